The van der Waals surface area contributed by atoms with Gasteiger partial charge in [0.15, 0.2) is 5.13 Å². The maximum atomic E-state index is 13.6. The van der Waals surface area contributed by atoms with Crippen molar-refractivity contribution in [3.63, 3.8) is 0 Å². The molecule has 1 heterocycles. The van der Waals surface area contributed by atoms with Gasteiger partial charge in [-0.1, -0.05) is 0 Å². The molecule has 0 radical (unpaired) electrons. The van der Waals surface area contributed by atoms with E-state index >= 15 is 0 Å². The van der Waals surface area contributed by atoms with Gasteiger partial charge in [0, 0.05) is 17.6 Å². The third kappa shape index (κ3) is 2.59. The minimum Gasteiger partial charge on any atom is -0.497 e. The van der Waals surface area contributed by atoms with Crippen LogP contribution in [0.3, 0.4) is 0 Å². The van der Waals surface area contributed by atoms with Gasteiger partial charge in [0.05, 0.1) is 7.11 Å². The SMILES string of the molecule is COc1ccc(S(=O)(=O)Nc2nccs2)c(F)c1. The minimum absolute atomic E-state index is 0.185. The van der Waals surface area contributed by atoms with E-state index in [1.165, 1.54) is 19.4 Å². The Labute approximate surface area is 107 Å². The summed E-state index contributed by atoms with van der Waals surface area (Å²) in [5.41, 5.74) is 0. The van der Waals surface area contributed by atoms with Gasteiger partial charge in [0.2, 0.25) is 0 Å². The maximum absolute atomic E-state index is 13.6. The van der Waals surface area contributed by atoms with Crippen LogP contribution in [-0.4, -0.2) is 20.5 Å². The highest BCUT2D eigenvalue weighted by Crippen LogP contribution is 2.23. The zero-order chi connectivity index (χ0) is 13.2. The number of methoxy groups -OCH3 is 1. The number of rotatable bonds is 4. The second kappa shape index (κ2) is 4.91. The quantitative estimate of drug-likeness (QED) is 0.935. The van der Waals surface area contributed by atoms with Crippen molar-refractivity contribution in [2.24, 2.45) is 0 Å². The summed E-state index contributed by atoms with van der Waals surface area (Å²) in [6.45, 7) is 0. The summed E-state index contributed by atoms with van der Waals surface area (Å²) in [5, 5.41) is 1.80. The van der Waals surface area contributed by atoms with Gasteiger partial charge in [-0.15, -0.1) is 11.3 Å². The molecule has 1 aromatic carbocycles. The zero-order valence-corrected chi connectivity index (χ0v) is 10.9. The van der Waals surface area contributed by atoms with Gasteiger partial charge in [-0.2, -0.15) is 0 Å². The van der Waals surface area contributed by atoms with Gasteiger partial charge in [-0.25, -0.2) is 17.8 Å². The summed E-state index contributed by atoms with van der Waals surface area (Å²) >= 11 is 1.11. The third-order valence-corrected chi connectivity index (χ3v) is 4.27. The predicted octanol–water partition coefficient (Wildman–Crippen LogP) is 2.09. The molecular weight excluding hydrogens is 279 g/mol. The topological polar surface area (TPSA) is 68.3 Å². The number of nitrogens with zero attached hydrogens (tertiary/aromatic N) is 1. The molecule has 0 bridgehead atoms. The molecule has 2 rings (SSSR count). The van der Waals surface area contributed by atoms with E-state index in [-0.39, 0.29) is 10.9 Å². The molecule has 0 atom stereocenters. The Kier molecular flexibility index (Phi) is 3.48. The summed E-state index contributed by atoms with van der Waals surface area (Å²) in [7, 11) is -2.60. The largest absolute Gasteiger partial charge is 0.497 e. The summed E-state index contributed by atoms with van der Waals surface area (Å²) in [6.07, 6.45) is 1.45. The molecule has 0 saturated heterocycles. The number of halogens is 1. The van der Waals surface area contributed by atoms with Crippen LogP contribution in [0.4, 0.5) is 9.52 Å². The van der Waals surface area contributed by atoms with Crippen molar-refractivity contribution < 1.29 is 17.5 Å². The molecule has 1 aromatic heterocycles. The fraction of sp³-hybridized carbons (Fsp3) is 0.100. The molecule has 8 heteroatoms. The summed E-state index contributed by atoms with van der Waals surface area (Å²) < 4.78 is 44.4. The Morgan fingerprint density at radius 1 is 1.44 bits per heavy atom. The summed E-state index contributed by atoms with van der Waals surface area (Å²) in [5.74, 6) is -0.626. The van der Waals surface area contributed by atoms with Crippen molar-refractivity contribution in [1.29, 1.82) is 0 Å². The number of hydrogen-bond acceptors (Lipinski definition) is 5. The molecule has 18 heavy (non-hydrogen) atoms. The number of aromatic nitrogens is 1. The van der Waals surface area contributed by atoms with Crippen LogP contribution in [0.25, 0.3) is 0 Å². The lowest BCUT2D eigenvalue weighted by Crippen LogP contribution is -2.14. The van der Waals surface area contributed by atoms with E-state index in [0.29, 0.717) is 0 Å². The first kappa shape index (κ1) is 12.8. The van der Waals surface area contributed by atoms with Gasteiger partial charge in [0.1, 0.15) is 16.5 Å². The number of anilines is 1. The standard InChI is InChI=1S/C10H9FN2O3S2/c1-16-7-2-3-9(8(11)6-7)18(14,15)13-10-12-4-5-17-10/h2-6H,1H3,(H,12,13). The number of benzene rings is 1. The Morgan fingerprint density at radius 3 is 2.78 bits per heavy atom. The minimum atomic E-state index is -3.97. The second-order valence-corrected chi connectivity index (χ2v) is 5.78. The van der Waals surface area contributed by atoms with Gasteiger partial charge >= 0.3 is 0 Å². The molecule has 2 aromatic rings. The number of nitrogens with one attached hydrogen (secondary N) is 1. The number of hydrogen-bond donors (Lipinski definition) is 1. The van der Waals surface area contributed by atoms with E-state index in [2.05, 4.69) is 9.71 Å². The highest BCUT2D eigenvalue weighted by Gasteiger charge is 2.20. The van der Waals surface area contributed by atoms with Crippen LogP contribution in [-0.2, 0) is 10.0 Å². The third-order valence-electron chi connectivity index (χ3n) is 2.08. The van der Waals surface area contributed by atoms with Gasteiger partial charge in [-0.3, -0.25) is 4.72 Å². The number of thiazole rings is 1. The second-order valence-electron chi connectivity index (χ2n) is 3.24. The zero-order valence-electron chi connectivity index (χ0n) is 9.25. The maximum Gasteiger partial charge on any atom is 0.266 e. The van der Waals surface area contributed by atoms with Gasteiger partial charge in [0.25, 0.3) is 10.0 Å². The summed E-state index contributed by atoms with van der Waals surface area (Å²) in [6, 6.07) is 3.53. The Hall–Kier alpha value is -1.67. The first-order valence-corrected chi connectivity index (χ1v) is 7.15. The molecule has 0 aliphatic rings. The van der Waals surface area contributed by atoms with E-state index in [9.17, 15) is 12.8 Å². The lowest BCUT2D eigenvalue weighted by molar-refractivity contribution is 0.410. The first-order valence-electron chi connectivity index (χ1n) is 4.79. The monoisotopic (exact) mass is 288 g/mol. The Bertz CT molecular complexity index is 641. The van der Waals surface area contributed by atoms with Crippen LogP contribution in [0.15, 0.2) is 34.7 Å². The van der Waals surface area contributed by atoms with Crippen molar-refractivity contribution in [2.75, 3.05) is 11.8 Å². The molecule has 0 aliphatic heterocycles. The van der Waals surface area contributed by atoms with Crippen LogP contribution in [0.2, 0.25) is 0 Å². The molecule has 0 fully saturated rings. The van der Waals surface area contributed by atoms with Gasteiger partial charge in [-0.05, 0) is 12.1 Å². The van der Waals surface area contributed by atoms with Crippen LogP contribution in [0.5, 0.6) is 5.75 Å². The van der Waals surface area contributed by atoms with Gasteiger partial charge < -0.3 is 4.74 Å². The van der Waals surface area contributed by atoms with E-state index in [1.807, 2.05) is 0 Å². The average molecular weight is 288 g/mol. The van der Waals surface area contributed by atoms with Crippen LogP contribution in [0.1, 0.15) is 0 Å². The fourth-order valence-electron chi connectivity index (χ4n) is 1.27. The predicted molar refractivity (Wildman–Crippen MR) is 65.9 cm³/mol. The van der Waals surface area contributed by atoms with E-state index < -0.39 is 20.7 Å². The van der Waals surface area contributed by atoms with Crippen molar-refractivity contribution in [3.8, 4) is 5.75 Å². The Morgan fingerprint density at radius 2 is 2.22 bits per heavy atom. The molecule has 0 aliphatic carbocycles. The smallest absolute Gasteiger partial charge is 0.266 e. The first-order chi connectivity index (χ1) is 8.53. The molecular formula is C10H9FN2O3S2. The molecule has 0 unspecified atom stereocenters. The van der Waals surface area contributed by atoms with Crippen LogP contribution in [0, 0.1) is 5.82 Å². The molecule has 0 spiro atoms. The fourth-order valence-corrected chi connectivity index (χ4v) is 3.12. The Balaban J connectivity index is 2.35. The molecule has 5 nitrogen and oxygen atoms in total. The molecule has 0 amide bonds. The summed E-state index contributed by atoms with van der Waals surface area (Å²) in [4.78, 5) is 3.33. The number of ether oxygens (including phenoxy) is 1. The van der Waals surface area contributed by atoms with E-state index in [1.54, 1.807) is 5.38 Å². The van der Waals surface area contributed by atoms with Crippen molar-refractivity contribution in [3.05, 3.63) is 35.6 Å². The lowest BCUT2D eigenvalue weighted by Gasteiger charge is -2.07. The molecule has 0 saturated carbocycles. The van der Waals surface area contributed by atoms with E-state index in [4.69, 9.17) is 4.74 Å². The lowest BCUT2D eigenvalue weighted by atomic mass is 10.3. The van der Waals surface area contributed by atoms with Crippen molar-refractivity contribution in [2.45, 2.75) is 4.90 Å². The van der Waals surface area contributed by atoms with Crippen molar-refractivity contribution >= 4 is 26.5 Å². The highest BCUT2D eigenvalue weighted by atomic mass is 32.2. The molecule has 1 N–H and O–H groups in total. The van der Waals surface area contributed by atoms with Crippen LogP contribution >= 0.6 is 11.3 Å². The number of sulfonamides is 1. The van der Waals surface area contributed by atoms with Crippen LogP contribution < -0.4 is 9.46 Å². The highest BCUT2D eigenvalue weighted by molar-refractivity contribution is 7.93. The normalized spacial score (nSPS) is 11.2. The van der Waals surface area contributed by atoms with E-state index in [0.717, 1.165) is 23.5 Å². The molecule has 96 valence electrons. The van der Waals surface area contributed by atoms with Crippen molar-refractivity contribution in [1.82, 2.24) is 4.98 Å². The average Bonchev–Trinajstić information content (AvgIpc) is 2.80.